The number of hydrogen-bond acceptors (Lipinski definition) is 3. The lowest BCUT2D eigenvalue weighted by Gasteiger charge is -2.22. The van der Waals surface area contributed by atoms with Crippen molar-refractivity contribution >= 4 is 16.9 Å². The molecule has 1 saturated heterocycles. The maximum Gasteiger partial charge on any atom is 0.270 e. The number of carbonyl (C=O) groups is 1. The summed E-state index contributed by atoms with van der Waals surface area (Å²) in [6.45, 7) is 0.726. The van der Waals surface area contributed by atoms with Crippen molar-refractivity contribution in [2.45, 2.75) is 18.9 Å². The summed E-state index contributed by atoms with van der Waals surface area (Å²) in [6.07, 6.45) is 7.27. The molecule has 122 valence electrons. The molecule has 4 heterocycles. The van der Waals surface area contributed by atoms with E-state index in [2.05, 4.69) is 15.0 Å². The van der Waals surface area contributed by atoms with Gasteiger partial charge in [-0.1, -0.05) is 0 Å². The molecule has 4 rings (SSSR count). The Balaban J connectivity index is 0.00000113. The van der Waals surface area contributed by atoms with E-state index < -0.39 is 0 Å². The zero-order valence-corrected chi connectivity index (χ0v) is 12.6. The van der Waals surface area contributed by atoms with Gasteiger partial charge in [0, 0.05) is 38.9 Å². The van der Waals surface area contributed by atoms with Gasteiger partial charge in [-0.2, -0.15) is 0 Å². The van der Waals surface area contributed by atoms with Gasteiger partial charge in [0.1, 0.15) is 11.3 Å². The van der Waals surface area contributed by atoms with Gasteiger partial charge in [-0.3, -0.25) is 4.79 Å². The Labute approximate surface area is 136 Å². The van der Waals surface area contributed by atoms with Crippen molar-refractivity contribution in [2.75, 3.05) is 13.2 Å². The summed E-state index contributed by atoms with van der Waals surface area (Å²) in [6, 6.07) is 5.73. The SMILES string of the molecule is O=C(c1cc(-c2ccnc3[nH]ccc23)c[nH]1)N1CCCC1CO.[HH].[HH]. The Morgan fingerprint density at radius 3 is 3.22 bits per heavy atom. The number of fused-ring (bicyclic) bond motifs is 1. The Bertz CT molecular complexity index is 861. The zero-order valence-electron chi connectivity index (χ0n) is 12.6. The molecular formula is C17H22N4O2. The van der Waals surface area contributed by atoms with Crippen molar-refractivity contribution in [3.8, 4) is 11.1 Å². The van der Waals surface area contributed by atoms with E-state index in [1.165, 1.54) is 0 Å². The number of amides is 1. The van der Waals surface area contributed by atoms with Crippen LogP contribution in [0.2, 0.25) is 0 Å². The number of aliphatic hydroxyl groups excluding tert-OH is 1. The molecule has 1 atom stereocenters. The number of carbonyl (C=O) groups excluding carboxylic acids is 1. The molecule has 0 saturated carbocycles. The summed E-state index contributed by atoms with van der Waals surface area (Å²) in [5, 5.41) is 10.4. The summed E-state index contributed by atoms with van der Waals surface area (Å²) in [5.41, 5.74) is 3.38. The maximum absolute atomic E-state index is 12.6. The summed E-state index contributed by atoms with van der Waals surface area (Å²) in [7, 11) is 0. The molecule has 1 aliphatic heterocycles. The largest absolute Gasteiger partial charge is 0.394 e. The number of aromatic amines is 2. The molecule has 1 unspecified atom stereocenters. The summed E-state index contributed by atoms with van der Waals surface area (Å²) < 4.78 is 0. The van der Waals surface area contributed by atoms with Crippen LogP contribution in [0, 0.1) is 0 Å². The van der Waals surface area contributed by atoms with E-state index in [0.717, 1.165) is 35.0 Å². The predicted octanol–water partition coefficient (Wildman–Crippen LogP) is 2.65. The smallest absolute Gasteiger partial charge is 0.270 e. The van der Waals surface area contributed by atoms with Crippen LogP contribution < -0.4 is 0 Å². The van der Waals surface area contributed by atoms with Crippen LogP contribution in [-0.4, -0.2) is 50.1 Å². The number of aromatic nitrogens is 3. The topological polar surface area (TPSA) is 85.0 Å². The third kappa shape index (κ3) is 2.31. The summed E-state index contributed by atoms with van der Waals surface area (Å²) in [5.74, 6) is -0.0489. The van der Waals surface area contributed by atoms with Crippen LogP contribution in [0.1, 0.15) is 26.2 Å². The Hall–Kier alpha value is -2.60. The lowest BCUT2D eigenvalue weighted by molar-refractivity contribution is 0.0672. The number of aliphatic hydroxyl groups is 1. The molecule has 1 amide bonds. The molecule has 0 aliphatic carbocycles. The number of rotatable bonds is 3. The van der Waals surface area contributed by atoms with Crippen LogP contribution in [0.15, 0.2) is 36.8 Å². The first-order chi connectivity index (χ1) is 11.3. The second kappa shape index (κ2) is 5.55. The molecule has 0 radical (unpaired) electrons. The van der Waals surface area contributed by atoms with Gasteiger partial charge in [0.15, 0.2) is 0 Å². The summed E-state index contributed by atoms with van der Waals surface area (Å²) in [4.78, 5) is 24.9. The van der Waals surface area contributed by atoms with Gasteiger partial charge in [0.05, 0.1) is 12.6 Å². The Morgan fingerprint density at radius 2 is 2.35 bits per heavy atom. The van der Waals surface area contributed by atoms with Crippen molar-refractivity contribution in [3.05, 3.63) is 42.5 Å². The minimum atomic E-state index is -0.0634. The van der Waals surface area contributed by atoms with Crippen LogP contribution in [-0.2, 0) is 0 Å². The van der Waals surface area contributed by atoms with Crippen LogP contribution >= 0.6 is 0 Å². The third-order valence-corrected chi connectivity index (χ3v) is 4.53. The van der Waals surface area contributed by atoms with Crippen LogP contribution in [0.5, 0.6) is 0 Å². The first-order valence-corrected chi connectivity index (χ1v) is 7.80. The highest BCUT2D eigenvalue weighted by Gasteiger charge is 2.29. The van der Waals surface area contributed by atoms with Crippen molar-refractivity contribution in [1.29, 1.82) is 0 Å². The lowest BCUT2D eigenvalue weighted by Crippen LogP contribution is -2.37. The van der Waals surface area contributed by atoms with E-state index in [4.69, 9.17) is 0 Å². The maximum atomic E-state index is 12.6. The highest BCUT2D eigenvalue weighted by Crippen LogP contribution is 2.28. The highest BCUT2D eigenvalue weighted by molar-refractivity contribution is 5.97. The first-order valence-electron chi connectivity index (χ1n) is 7.80. The third-order valence-electron chi connectivity index (χ3n) is 4.53. The number of H-pyrrole nitrogens is 2. The van der Waals surface area contributed by atoms with E-state index in [0.29, 0.717) is 12.2 Å². The lowest BCUT2D eigenvalue weighted by atomic mass is 10.1. The molecular weight excluding hydrogens is 292 g/mol. The average molecular weight is 314 g/mol. The van der Waals surface area contributed by atoms with Crippen molar-refractivity contribution in [2.24, 2.45) is 0 Å². The van der Waals surface area contributed by atoms with E-state index >= 15 is 0 Å². The van der Waals surface area contributed by atoms with Crippen LogP contribution in [0.3, 0.4) is 0 Å². The second-order valence-electron chi connectivity index (χ2n) is 5.88. The number of pyridine rings is 1. The van der Waals surface area contributed by atoms with Gasteiger partial charge in [-0.25, -0.2) is 4.98 Å². The van der Waals surface area contributed by atoms with Gasteiger partial charge in [0.25, 0.3) is 5.91 Å². The molecule has 6 nitrogen and oxygen atoms in total. The Morgan fingerprint density at radius 1 is 1.43 bits per heavy atom. The van der Waals surface area contributed by atoms with Crippen LogP contribution in [0.25, 0.3) is 22.2 Å². The number of nitrogens with zero attached hydrogens (tertiary/aromatic N) is 2. The molecule has 3 aromatic rings. The molecule has 1 aliphatic rings. The normalized spacial score (nSPS) is 18.0. The van der Waals surface area contributed by atoms with Gasteiger partial charge >= 0.3 is 0 Å². The molecule has 0 bridgehead atoms. The number of likely N-dealkylation sites (tertiary alicyclic amines) is 1. The number of hydrogen-bond donors (Lipinski definition) is 3. The van der Waals surface area contributed by atoms with Crippen LogP contribution in [0.4, 0.5) is 0 Å². The molecule has 6 heteroatoms. The molecule has 3 aromatic heterocycles. The van der Waals surface area contributed by atoms with Gasteiger partial charge in [-0.15, -0.1) is 0 Å². The standard InChI is InChI=1S/C17H18N4O2.2H2/c22-10-12-2-1-7-21(12)17(23)15-8-11(9-20-15)13-3-5-18-16-14(13)4-6-19-16;;/h3-6,8-9,12,20,22H,1-2,7,10H2,(H,18,19);2*1H. The van der Waals surface area contributed by atoms with Crippen molar-refractivity contribution in [1.82, 2.24) is 19.9 Å². The fourth-order valence-corrected chi connectivity index (χ4v) is 3.33. The number of nitrogens with one attached hydrogen (secondary N) is 2. The van der Waals surface area contributed by atoms with E-state index in [1.807, 2.05) is 30.6 Å². The predicted molar refractivity (Wildman–Crippen MR) is 91.3 cm³/mol. The average Bonchev–Trinajstić information content (AvgIpc) is 3.32. The second-order valence-corrected chi connectivity index (χ2v) is 5.88. The van der Waals surface area contributed by atoms with E-state index in [-0.39, 0.29) is 21.4 Å². The van der Waals surface area contributed by atoms with Crippen molar-refractivity contribution in [3.63, 3.8) is 0 Å². The monoisotopic (exact) mass is 314 g/mol. The molecule has 23 heavy (non-hydrogen) atoms. The van der Waals surface area contributed by atoms with Gasteiger partial charge in [0.2, 0.25) is 0 Å². The van der Waals surface area contributed by atoms with E-state index in [1.54, 1.807) is 11.1 Å². The molecule has 3 N–H and O–H groups in total. The summed E-state index contributed by atoms with van der Waals surface area (Å²) >= 11 is 0. The fraction of sp³-hybridized carbons (Fsp3) is 0.294. The van der Waals surface area contributed by atoms with E-state index in [9.17, 15) is 9.90 Å². The minimum absolute atomic E-state index is 0. The Kier molecular flexibility index (Phi) is 3.38. The highest BCUT2D eigenvalue weighted by atomic mass is 16.3. The van der Waals surface area contributed by atoms with Crippen molar-refractivity contribution < 1.29 is 12.8 Å². The van der Waals surface area contributed by atoms with Gasteiger partial charge in [-0.05, 0) is 36.6 Å². The molecule has 1 fully saturated rings. The minimum Gasteiger partial charge on any atom is -0.394 e. The zero-order chi connectivity index (χ0) is 15.8. The molecule has 0 aromatic carbocycles. The quantitative estimate of drug-likeness (QED) is 0.695. The van der Waals surface area contributed by atoms with Gasteiger partial charge < -0.3 is 20.0 Å². The fourth-order valence-electron chi connectivity index (χ4n) is 3.33. The first kappa shape index (κ1) is 14.0. The molecule has 0 spiro atoms.